The average molecular weight is 396 g/mol. The lowest BCUT2D eigenvalue weighted by molar-refractivity contribution is 0.380. The second-order valence-electron chi connectivity index (χ2n) is 6.63. The normalized spacial score (nSPS) is 15.1. The quantitative estimate of drug-likeness (QED) is 0.539. The zero-order valence-corrected chi connectivity index (χ0v) is 16.2. The summed E-state index contributed by atoms with van der Waals surface area (Å²) in [5.74, 6) is 1.14. The number of piperazine rings is 1. The number of guanidine groups is 1. The first-order valence-corrected chi connectivity index (χ1v) is 9.62. The molecule has 28 heavy (non-hydrogen) atoms. The van der Waals surface area contributed by atoms with Gasteiger partial charge in [0.25, 0.3) is 0 Å². The summed E-state index contributed by atoms with van der Waals surface area (Å²) in [7, 11) is 0. The Balaban J connectivity index is 1.33. The molecular weight excluding hydrogens is 374 g/mol. The molecule has 3 aromatic rings. The fraction of sp³-hybridized carbons (Fsp3) is 0.238. The van der Waals surface area contributed by atoms with E-state index in [1.807, 2.05) is 54.6 Å². The van der Waals surface area contributed by atoms with Gasteiger partial charge >= 0.3 is 0 Å². The van der Waals surface area contributed by atoms with Crippen LogP contribution in [0.5, 0.6) is 0 Å². The van der Waals surface area contributed by atoms with Crippen LogP contribution in [0, 0.1) is 0 Å². The summed E-state index contributed by atoms with van der Waals surface area (Å²) < 4.78 is 5.55. The summed E-state index contributed by atoms with van der Waals surface area (Å²) in [6.07, 6.45) is 1.64. The van der Waals surface area contributed by atoms with Crippen molar-refractivity contribution in [3.8, 4) is 11.5 Å². The van der Waals surface area contributed by atoms with Gasteiger partial charge in [-0.2, -0.15) is 0 Å². The molecular formula is C21H22ClN5O. The van der Waals surface area contributed by atoms with E-state index >= 15 is 0 Å². The van der Waals surface area contributed by atoms with Crippen LogP contribution in [-0.4, -0.2) is 42.0 Å². The topological polar surface area (TPSA) is 70.9 Å². The molecule has 2 heterocycles. The number of nitrogens with zero attached hydrogens (tertiary/aromatic N) is 4. The van der Waals surface area contributed by atoms with E-state index in [0.717, 1.165) is 42.5 Å². The lowest BCUT2D eigenvalue weighted by atomic mass is 10.2. The number of hydrogen-bond acceptors (Lipinski definition) is 4. The van der Waals surface area contributed by atoms with Crippen molar-refractivity contribution in [1.82, 2.24) is 9.88 Å². The minimum absolute atomic E-state index is 0.402. The number of oxazole rings is 1. The van der Waals surface area contributed by atoms with Crippen molar-refractivity contribution in [3.05, 3.63) is 71.6 Å². The largest absolute Gasteiger partial charge is 0.444 e. The predicted molar refractivity (Wildman–Crippen MR) is 113 cm³/mol. The van der Waals surface area contributed by atoms with Crippen LogP contribution >= 0.6 is 11.6 Å². The van der Waals surface area contributed by atoms with E-state index in [1.54, 1.807) is 6.26 Å². The van der Waals surface area contributed by atoms with Crippen molar-refractivity contribution < 1.29 is 4.42 Å². The van der Waals surface area contributed by atoms with Gasteiger partial charge in [-0.05, 0) is 36.4 Å². The maximum atomic E-state index is 6.20. The molecule has 4 rings (SSSR count). The number of benzene rings is 2. The van der Waals surface area contributed by atoms with Gasteiger partial charge in [0, 0.05) is 42.5 Å². The molecule has 144 valence electrons. The smallest absolute Gasteiger partial charge is 0.226 e. The molecule has 0 aliphatic carbocycles. The van der Waals surface area contributed by atoms with Crippen LogP contribution in [0.15, 0.2) is 70.3 Å². The summed E-state index contributed by atoms with van der Waals surface area (Å²) in [5, 5.41) is 0.752. The van der Waals surface area contributed by atoms with Gasteiger partial charge in [0.2, 0.25) is 5.89 Å². The summed E-state index contributed by atoms with van der Waals surface area (Å²) in [4.78, 5) is 13.4. The number of hydrogen-bond donors (Lipinski definition) is 1. The van der Waals surface area contributed by atoms with E-state index < -0.39 is 0 Å². The molecule has 0 bridgehead atoms. The molecule has 1 saturated heterocycles. The Kier molecular flexibility index (Phi) is 5.48. The van der Waals surface area contributed by atoms with Gasteiger partial charge < -0.3 is 20.0 Å². The lowest BCUT2D eigenvalue weighted by Crippen LogP contribution is -2.51. The van der Waals surface area contributed by atoms with Crippen molar-refractivity contribution >= 4 is 23.2 Å². The van der Waals surface area contributed by atoms with Crippen molar-refractivity contribution in [2.75, 3.05) is 31.1 Å². The van der Waals surface area contributed by atoms with E-state index in [2.05, 4.69) is 19.8 Å². The summed E-state index contributed by atoms with van der Waals surface area (Å²) in [6, 6.07) is 17.7. The number of aromatic nitrogens is 1. The fourth-order valence-corrected chi connectivity index (χ4v) is 3.33. The molecule has 0 amide bonds. The molecule has 1 aliphatic heterocycles. The Morgan fingerprint density at radius 3 is 2.46 bits per heavy atom. The van der Waals surface area contributed by atoms with Gasteiger partial charge in [-0.15, -0.1) is 0 Å². The summed E-state index contributed by atoms with van der Waals surface area (Å²) in [6.45, 7) is 3.83. The number of aliphatic imine (C=N–C) groups is 1. The number of anilines is 1. The SMILES string of the molecule is NC(=NCc1coc(-c2ccccc2)n1)N1CCN(c2ccc(Cl)cc2)CC1. The van der Waals surface area contributed by atoms with Crippen LogP contribution in [0.1, 0.15) is 5.69 Å². The molecule has 2 aromatic carbocycles. The molecule has 0 atom stereocenters. The highest BCUT2D eigenvalue weighted by Gasteiger charge is 2.18. The maximum absolute atomic E-state index is 6.20. The van der Waals surface area contributed by atoms with Crippen molar-refractivity contribution in [3.63, 3.8) is 0 Å². The summed E-state index contributed by atoms with van der Waals surface area (Å²) in [5.41, 5.74) is 9.09. The van der Waals surface area contributed by atoms with Crippen LogP contribution in [0.2, 0.25) is 5.02 Å². The Hall–Kier alpha value is -2.99. The van der Waals surface area contributed by atoms with Crippen molar-refractivity contribution in [2.24, 2.45) is 10.7 Å². The second-order valence-corrected chi connectivity index (χ2v) is 7.07. The third kappa shape index (κ3) is 4.28. The van der Waals surface area contributed by atoms with Crippen molar-refractivity contribution in [1.29, 1.82) is 0 Å². The van der Waals surface area contributed by atoms with Gasteiger partial charge in [-0.25, -0.2) is 9.98 Å². The number of nitrogens with two attached hydrogens (primary N) is 1. The molecule has 0 unspecified atom stereocenters. The van der Waals surface area contributed by atoms with Crippen molar-refractivity contribution in [2.45, 2.75) is 6.54 Å². The molecule has 1 aliphatic rings. The summed E-state index contributed by atoms with van der Waals surface area (Å²) >= 11 is 5.97. The average Bonchev–Trinajstić information content (AvgIpc) is 3.22. The molecule has 0 saturated carbocycles. The molecule has 0 radical (unpaired) electrons. The van der Waals surface area contributed by atoms with Crippen LogP contribution in [0.25, 0.3) is 11.5 Å². The second kappa shape index (κ2) is 8.35. The van der Waals surface area contributed by atoms with Crippen LogP contribution in [-0.2, 0) is 6.54 Å². The van der Waals surface area contributed by atoms with E-state index in [4.69, 9.17) is 21.8 Å². The zero-order chi connectivity index (χ0) is 19.3. The van der Waals surface area contributed by atoms with Crippen LogP contribution < -0.4 is 10.6 Å². The predicted octanol–water partition coefficient (Wildman–Crippen LogP) is 3.63. The third-order valence-corrected chi connectivity index (χ3v) is 5.02. The van der Waals surface area contributed by atoms with Gasteiger partial charge in [-0.3, -0.25) is 0 Å². The molecule has 1 fully saturated rings. The Labute approximate surface area is 169 Å². The first kappa shape index (κ1) is 18.4. The molecule has 2 N–H and O–H groups in total. The molecule has 1 aromatic heterocycles. The van der Waals surface area contributed by atoms with E-state index in [9.17, 15) is 0 Å². The van der Waals surface area contributed by atoms with Crippen LogP contribution in [0.3, 0.4) is 0 Å². The fourth-order valence-electron chi connectivity index (χ4n) is 3.20. The lowest BCUT2D eigenvalue weighted by Gasteiger charge is -2.36. The molecule has 6 nitrogen and oxygen atoms in total. The highest BCUT2D eigenvalue weighted by Crippen LogP contribution is 2.20. The number of rotatable bonds is 4. The van der Waals surface area contributed by atoms with E-state index in [1.165, 1.54) is 5.69 Å². The van der Waals surface area contributed by atoms with Gasteiger partial charge in [-0.1, -0.05) is 29.8 Å². The minimum Gasteiger partial charge on any atom is -0.444 e. The van der Waals surface area contributed by atoms with Gasteiger partial charge in [0.15, 0.2) is 5.96 Å². The Morgan fingerprint density at radius 2 is 1.75 bits per heavy atom. The molecule has 7 heteroatoms. The van der Waals surface area contributed by atoms with Gasteiger partial charge in [0.1, 0.15) is 12.0 Å². The maximum Gasteiger partial charge on any atom is 0.226 e. The first-order chi connectivity index (χ1) is 13.7. The highest BCUT2D eigenvalue weighted by atomic mass is 35.5. The highest BCUT2D eigenvalue weighted by molar-refractivity contribution is 6.30. The zero-order valence-electron chi connectivity index (χ0n) is 15.5. The Bertz CT molecular complexity index is 931. The van der Waals surface area contributed by atoms with E-state index in [0.29, 0.717) is 18.4 Å². The number of halogens is 1. The monoisotopic (exact) mass is 395 g/mol. The minimum atomic E-state index is 0.402. The standard InChI is InChI=1S/C21H22ClN5O/c22-17-6-8-19(9-7-17)26-10-12-27(13-11-26)21(23)24-14-18-15-28-20(25-18)16-4-2-1-3-5-16/h1-9,15H,10-14H2,(H2,23,24). The van der Waals surface area contributed by atoms with Gasteiger partial charge in [0.05, 0.1) is 6.54 Å². The van der Waals surface area contributed by atoms with Crippen LogP contribution in [0.4, 0.5) is 5.69 Å². The van der Waals surface area contributed by atoms with E-state index in [-0.39, 0.29) is 0 Å². The Morgan fingerprint density at radius 1 is 1.04 bits per heavy atom. The molecule has 0 spiro atoms. The first-order valence-electron chi connectivity index (χ1n) is 9.24. The third-order valence-electron chi connectivity index (χ3n) is 4.77.